The Labute approximate surface area is 187 Å². The van der Waals surface area contributed by atoms with Crippen molar-refractivity contribution in [3.8, 4) is 11.3 Å². The van der Waals surface area contributed by atoms with Gasteiger partial charge in [0.25, 0.3) is 0 Å². The molecule has 0 aliphatic carbocycles. The van der Waals surface area contributed by atoms with Crippen LogP contribution in [-0.4, -0.2) is 44.4 Å². The van der Waals surface area contributed by atoms with Crippen molar-refractivity contribution in [1.29, 1.82) is 0 Å². The summed E-state index contributed by atoms with van der Waals surface area (Å²) in [5, 5.41) is 5.44. The maximum absolute atomic E-state index is 14.8. The maximum Gasteiger partial charge on any atom is 0.228 e. The van der Waals surface area contributed by atoms with Crippen molar-refractivity contribution in [3.63, 3.8) is 0 Å². The number of aryl methyl sites for hydroxylation is 1. The van der Waals surface area contributed by atoms with Gasteiger partial charge in [0.2, 0.25) is 5.95 Å². The van der Waals surface area contributed by atoms with Gasteiger partial charge in [-0.1, -0.05) is 23.2 Å². The summed E-state index contributed by atoms with van der Waals surface area (Å²) in [6.45, 7) is 1.61. The lowest BCUT2D eigenvalue weighted by molar-refractivity contribution is 0.0392. The Morgan fingerprint density at radius 1 is 1.13 bits per heavy atom. The van der Waals surface area contributed by atoms with Crippen molar-refractivity contribution in [1.82, 2.24) is 24.7 Å². The van der Waals surface area contributed by atoms with Gasteiger partial charge in [-0.25, -0.2) is 14.4 Å². The van der Waals surface area contributed by atoms with Crippen molar-refractivity contribution in [2.75, 3.05) is 24.6 Å². The largest absolute Gasteiger partial charge is 0.370 e. The number of nitrogens with zero attached hydrogens (tertiary/aromatic N) is 6. The highest BCUT2D eigenvalue weighted by Gasteiger charge is 2.26. The van der Waals surface area contributed by atoms with E-state index in [2.05, 4.69) is 15.1 Å². The summed E-state index contributed by atoms with van der Waals surface area (Å²) in [5.74, 6) is -0.0348. The first-order valence-electron chi connectivity index (χ1n) is 9.63. The van der Waals surface area contributed by atoms with Gasteiger partial charge in [0.15, 0.2) is 5.65 Å². The van der Waals surface area contributed by atoms with E-state index >= 15 is 0 Å². The molecule has 158 valence electrons. The van der Waals surface area contributed by atoms with E-state index in [-0.39, 0.29) is 6.10 Å². The third-order valence-electron chi connectivity index (χ3n) is 5.15. The van der Waals surface area contributed by atoms with Gasteiger partial charge >= 0.3 is 0 Å². The van der Waals surface area contributed by atoms with E-state index in [1.54, 1.807) is 35.1 Å². The highest BCUT2D eigenvalue weighted by molar-refractivity contribution is 6.30. The second-order valence-electron chi connectivity index (χ2n) is 7.25. The molecule has 1 aliphatic rings. The van der Waals surface area contributed by atoms with Gasteiger partial charge < -0.3 is 9.64 Å². The van der Waals surface area contributed by atoms with Gasteiger partial charge in [-0.15, -0.1) is 0 Å². The average molecular weight is 459 g/mol. The predicted octanol–water partition coefficient (Wildman–Crippen LogP) is 4.45. The smallest absolute Gasteiger partial charge is 0.228 e. The molecule has 0 amide bonds. The number of morpholine rings is 1. The summed E-state index contributed by atoms with van der Waals surface area (Å²) in [5.41, 5.74) is 2.12. The van der Waals surface area contributed by atoms with Crippen LogP contribution >= 0.6 is 23.2 Å². The van der Waals surface area contributed by atoms with E-state index in [4.69, 9.17) is 32.9 Å². The van der Waals surface area contributed by atoms with Crippen LogP contribution in [0.5, 0.6) is 0 Å². The first kappa shape index (κ1) is 20.1. The molecule has 1 fully saturated rings. The Morgan fingerprint density at radius 3 is 2.77 bits per heavy atom. The molecule has 1 aromatic carbocycles. The fourth-order valence-electron chi connectivity index (χ4n) is 3.64. The number of rotatable bonds is 3. The minimum atomic E-state index is -0.469. The summed E-state index contributed by atoms with van der Waals surface area (Å²) in [6, 6.07) is 7.88. The molecule has 0 saturated carbocycles. The van der Waals surface area contributed by atoms with E-state index in [0.29, 0.717) is 58.1 Å². The summed E-state index contributed by atoms with van der Waals surface area (Å²) in [7, 11) is 1.86. The molecule has 3 aromatic heterocycles. The Kier molecular flexibility index (Phi) is 5.21. The highest BCUT2D eigenvalue weighted by Crippen LogP contribution is 2.32. The van der Waals surface area contributed by atoms with Crippen LogP contribution in [0, 0.1) is 5.82 Å². The molecule has 5 rings (SSSR count). The van der Waals surface area contributed by atoms with E-state index < -0.39 is 5.82 Å². The number of aromatic nitrogens is 5. The van der Waals surface area contributed by atoms with Gasteiger partial charge in [-0.05, 0) is 30.3 Å². The number of fused-ring (bicyclic) bond motifs is 1. The molecule has 1 unspecified atom stereocenters. The molecule has 0 spiro atoms. The molecule has 1 saturated heterocycles. The van der Waals surface area contributed by atoms with Crippen LogP contribution in [-0.2, 0) is 11.8 Å². The molecule has 1 aliphatic heterocycles. The highest BCUT2D eigenvalue weighted by atomic mass is 35.5. The Bertz CT molecular complexity index is 1280. The third kappa shape index (κ3) is 3.94. The summed E-state index contributed by atoms with van der Waals surface area (Å²) < 4.78 is 22.4. The van der Waals surface area contributed by atoms with Crippen molar-refractivity contribution >= 4 is 40.2 Å². The number of pyridine rings is 1. The normalized spacial score (nSPS) is 16.8. The average Bonchev–Trinajstić information content (AvgIpc) is 3.19. The Hall–Kier alpha value is -2.81. The Morgan fingerprint density at radius 2 is 2.00 bits per heavy atom. The Balaban J connectivity index is 1.60. The van der Waals surface area contributed by atoms with Crippen molar-refractivity contribution in [3.05, 3.63) is 64.3 Å². The minimum Gasteiger partial charge on any atom is -0.370 e. The number of ether oxygens (including phenoxy) is 1. The fourth-order valence-corrected chi connectivity index (χ4v) is 3.94. The van der Waals surface area contributed by atoms with Gasteiger partial charge in [-0.3, -0.25) is 4.68 Å². The van der Waals surface area contributed by atoms with Crippen molar-refractivity contribution in [2.24, 2.45) is 7.05 Å². The molecule has 1 atom stereocenters. The first-order chi connectivity index (χ1) is 15.0. The standard InChI is InChI=1S/C21H17Cl2FN6O/c1-29-10-12(9-25-29)17-11-30(6-7-31-17)21-27-19(14-3-2-13(22)8-16(14)24)15-4-5-18(23)26-20(15)28-21/h2-5,8-10,17H,6-7,11H2,1H3. The lowest BCUT2D eigenvalue weighted by Crippen LogP contribution is -2.39. The number of hydrogen-bond acceptors (Lipinski definition) is 6. The van der Waals surface area contributed by atoms with Crippen molar-refractivity contribution < 1.29 is 9.13 Å². The lowest BCUT2D eigenvalue weighted by atomic mass is 10.1. The second-order valence-corrected chi connectivity index (χ2v) is 8.08. The molecule has 0 bridgehead atoms. The van der Waals surface area contributed by atoms with E-state index in [9.17, 15) is 4.39 Å². The van der Waals surface area contributed by atoms with Crippen LogP contribution in [0.1, 0.15) is 11.7 Å². The molecule has 31 heavy (non-hydrogen) atoms. The number of benzene rings is 1. The topological polar surface area (TPSA) is 69.0 Å². The van der Waals surface area contributed by atoms with E-state index in [0.717, 1.165) is 5.56 Å². The van der Waals surface area contributed by atoms with E-state index in [1.807, 2.05) is 18.1 Å². The zero-order valence-corrected chi connectivity index (χ0v) is 18.0. The zero-order valence-electron chi connectivity index (χ0n) is 16.5. The van der Waals surface area contributed by atoms with Crippen LogP contribution in [0.15, 0.2) is 42.7 Å². The summed E-state index contributed by atoms with van der Waals surface area (Å²) in [4.78, 5) is 15.7. The van der Waals surface area contributed by atoms with Crippen LogP contribution in [0.25, 0.3) is 22.3 Å². The monoisotopic (exact) mass is 458 g/mol. The minimum absolute atomic E-state index is 0.176. The van der Waals surface area contributed by atoms with Gasteiger partial charge in [0.05, 0.1) is 25.0 Å². The van der Waals surface area contributed by atoms with Crippen LogP contribution in [0.4, 0.5) is 10.3 Å². The molecular weight excluding hydrogens is 442 g/mol. The number of halogens is 3. The molecule has 7 nitrogen and oxygen atoms in total. The lowest BCUT2D eigenvalue weighted by Gasteiger charge is -2.32. The van der Waals surface area contributed by atoms with Crippen molar-refractivity contribution in [2.45, 2.75) is 6.10 Å². The molecule has 0 radical (unpaired) electrons. The molecular formula is C21H17Cl2FN6O. The zero-order chi connectivity index (χ0) is 21.5. The summed E-state index contributed by atoms with van der Waals surface area (Å²) >= 11 is 12.0. The van der Waals surface area contributed by atoms with Crippen LogP contribution in [0.2, 0.25) is 10.2 Å². The number of anilines is 1. The maximum atomic E-state index is 14.8. The molecule has 10 heteroatoms. The molecule has 4 heterocycles. The van der Waals surface area contributed by atoms with Crippen LogP contribution < -0.4 is 4.90 Å². The molecule has 4 aromatic rings. The molecule has 0 N–H and O–H groups in total. The van der Waals surface area contributed by atoms with Gasteiger partial charge in [-0.2, -0.15) is 10.1 Å². The van der Waals surface area contributed by atoms with Crippen LogP contribution in [0.3, 0.4) is 0 Å². The number of hydrogen-bond donors (Lipinski definition) is 0. The van der Waals surface area contributed by atoms with Gasteiger partial charge in [0, 0.05) is 41.3 Å². The van der Waals surface area contributed by atoms with E-state index in [1.165, 1.54) is 6.07 Å². The predicted molar refractivity (Wildman–Crippen MR) is 117 cm³/mol. The third-order valence-corrected chi connectivity index (χ3v) is 5.59. The quantitative estimate of drug-likeness (QED) is 0.422. The summed E-state index contributed by atoms with van der Waals surface area (Å²) in [6.07, 6.45) is 3.53. The SMILES string of the molecule is Cn1cc(C2CN(c3nc(-c4ccc(Cl)cc4F)c4ccc(Cl)nc4n3)CCO2)cn1. The second kappa shape index (κ2) is 8.03. The van der Waals surface area contributed by atoms with Gasteiger partial charge in [0.1, 0.15) is 17.1 Å². The fraction of sp³-hybridized carbons (Fsp3) is 0.238. The first-order valence-corrected chi connectivity index (χ1v) is 10.4.